The molecule has 130 valence electrons. The highest BCUT2D eigenvalue weighted by Gasteiger charge is 2.16. The zero-order valence-corrected chi connectivity index (χ0v) is 14.4. The first-order valence-corrected chi connectivity index (χ1v) is 8.68. The van der Waals surface area contributed by atoms with Gasteiger partial charge in [0.25, 0.3) is 0 Å². The molecule has 0 radical (unpaired) electrons. The van der Waals surface area contributed by atoms with Crippen LogP contribution in [0.4, 0.5) is 0 Å². The SMILES string of the molecule is CC(NCC(CCO)c1ccccc1)c1cnc(-c2ccccc2)o1. The van der Waals surface area contributed by atoms with Crippen LogP contribution in [0.15, 0.2) is 71.3 Å². The third-order valence-corrected chi connectivity index (χ3v) is 4.39. The molecular weight excluding hydrogens is 312 g/mol. The third-order valence-electron chi connectivity index (χ3n) is 4.39. The van der Waals surface area contributed by atoms with Crippen molar-refractivity contribution in [2.24, 2.45) is 0 Å². The molecule has 2 atom stereocenters. The van der Waals surface area contributed by atoms with Gasteiger partial charge in [-0.05, 0) is 37.0 Å². The van der Waals surface area contributed by atoms with Crippen LogP contribution in [0, 0.1) is 0 Å². The fraction of sp³-hybridized carbons (Fsp3) is 0.286. The van der Waals surface area contributed by atoms with Gasteiger partial charge in [-0.2, -0.15) is 0 Å². The summed E-state index contributed by atoms with van der Waals surface area (Å²) in [6.07, 6.45) is 2.51. The van der Waals surface area contributed by atoms with E-state index in [-0.39, 0.29) is 18.6 Å². The van der Waals surface area contributed by atoms with Gasteiger partial charge in [-0.25, -0.2) is 4.98 Å². The van der Waals surface area contributed by atoms with Crippen LogP contribution >= 0.6 is 0 Å². The molecule has 0 amide bonds. The molecule has 0 spiro atoms. The molecule has 0 saturated carbocycles. The Balaban J connectivity index is 1.63. The molecule has 3 aromatic rings. The number of aromatic nitrogens is 1. The summed E-state index contributed by atoms with van der Waals surface area (Å²) in [5, 5.41) is 12.9. The Morgan fingerprint density at radius 2 is 1.72 bits per heavy atom. The number of aliphatic hydroxyl groups is 1. The van der Waals surface area contributed by atoms with Gasteiger partial charge in [0.2, 0.25) is 5.89 Å². The normalized spacial score (nSPS) is 13.5. The number of benzene rings is 2. The summed E-state index contributed by atoms with van der Waals surface area (Å²) in [6, 6.07) is 20.2. The summed E-state index contributed by atoms with van der Waals surface area (Å²) in [4.78, 5) is 4.38. The standard InChI is InChI=1S/C21H24N2O2/c1-16(20-15-23-21(25-20)18-10-6-3-7-11-18)22-14-19(12-13-24)17-8-4-2-5-9-17/h2-11,15-16,19,22,24H,12-14H2,1H3. The van der Waals surface area contributed by atoms with E-state index in [0.717, 1.165) is 24.3 Å². The Kier molecular flexibility index (Phi) is 5.99. The van der Waals surface area contributed by atoms with Gasteiger partial charge in [-0.1, -0.05) is 48.5 Å². The molecular formula is C21H24N2O2. The van der Waals surface area contributed by atoms with Crippen molar-refractivity contribution in [3.05, 3.63) is 78.2 Å². The molecule has 2 aromatic carbocycles. The van der Waals surface area contributed by atoms with E-state index in [9.17, 15) is 5.11 Å². The first-order valence-electron chi connectivity index (χ1n) is 8.68. The molecule has 0 fully saturated rings. The topological polar surface area (TPSA) is 58.3 Å². The molecule has 1 aromatic heterocycles. The predicted octanol–water partition coefficient (Wildman–Crippen LogP) is 4.16. The zero-order chi connectivity index (χ0) is 17.5. The Labute approximate surface area is 148 Å². The largest absolute Gasteiger partial charge is 0.440 e. The maximum absolute atomic E-state index is 9.35. The lowest BCUT2D eigenvalue weighted by Gasteiger charge is -2.19. The van der Waals surface area contributed by atoms with Crippen LogP contribution in [-0.2, 0) is 0 Å². The number of oxazole rings is 1. The van der Waals surface area contributed by atoms with Crippen LogP contribution in [0.3, 0.4) is 0 Å². The van der Waals surface area contributed by atoms with E-state index < -0.39 is 0 Å². The first kappa shape index (κ1) is 17.4. The third kappa shape index (κ3) is 4.56. The fourth-order valence-electron chi connectivity index (χ4n) is 2.89. The van der Waals surface area contributed by atoms with Gasteiger partial charge < -0.3 is 14.8 Å². The van der Waals surface area contributed by atoms with E-state index in [1.165, 1.54) is 5.56 Å². The average Bonchev–Trinajstić information content (AvgIpc) is 3.16. The molecule has 0 aliphatic rings. The van der Waals surface area contributed by atoms with E-state index >= 15 is 0 Å². The summed E-state index contributed by atoms with van der Waals surface area (Å²) >= 11 is 0. The minimum atomic E-state index is 0.0508. The Hall–Kier alpha value is -2.43. The Morgan fingerprint density at radius 1 is 1.04 bits per heavy atom. The van der Waals surface area contributed by atoms with E-state index in [0.29, 0.717) is 5.89 Å². The van der Waals surface area contributed by atoms with Crippen LogP contribution in [0.2, 0.25) is 0 Å². The molecule has 0 aliphatic carbocycles. The van der Waals surface area contributed by atoms with Crippen molar-refractivity contribution in [2.45, 2.75) is 25.3 Å². The van der Waals surface area contributed by atoms with Gasteiger partial charge in [0.1, 0.15) is 5.76 Å². The highest BCUT2D eigenvalue weighted by atomic mass is 16.4. The Bertz CT molecular complexity index is 756. The first-order chi connectivity index (χ1) is 12.3. The molecule has 4 nitrogen and oxygen atoms in total. The second-order valence-electron chi connectivity index (χ2n) is 6.18. The molecule has 25 heavy (non-hydrogen) atoms. The minimum absolute atomic E-state index is 0.0508. The van der Waals surface area contributed by atoms with Gasteiger partial charge in [-0.3, -0.25) is 0 Å². The molecule has 0 bridgehead atoms. The van der Waals surface area contributed by atoms with Crippen molar-refractivity contribution in [1.29, 1.82) is 0 Å². The number of hydrogen-bond donors (Lipinski definition) is 2. The number of hydrogen-bond acceptors (Lipinski definition) is 4. The lowest BCUT2D eigenvalue weighted by atomic mass is 9.95. The van der Waals surface area contributed by atoms with Gasteiger partial charge in [-0.15, -0.1) is 0 Å². The molecule has 4 heteroatoms. The number of nitrogens with zero attached hydrogens (tertiary/aromatic N) is 1. The van der Waals surface area contributed by atoms with Crippen molar-refractivity contribution in [3.8, 4) is 11.5 Å². The maximum Gasteiger partial charge on any atom is 0.226 e. The van der Waals surface area contributed by atoms with Crippen molar-refractivity contribution in [2.75, 3.05) is 13.2 Å². The molecule has 1 heterocycles. The molecule has 2 unspecified atom stereocenters. The summed E-state index contributed by atoms with van der Waals surface area (Å²) in [6.45, 7) is 3.01. The molecule has 0 aliphatic heterocycles. The van der Waals surface area contributed by atoms with Gasteiger partial charge in [0.05, 0.1) is 12.2 Å². The lowest BCUT2D eigenvalue weighted by Crippen LogP contribution is -2.25. The van der Waals surface area contributed by atoms with E-state index in [4.69, 9.17) is 4.42 Å². The lowest BCUT2D eigenvalue weighted by molar-refractivity contribution is 0.271. The van der Waals surface area contributed by atoms with Gasteiger partial charge in [0, 0.05) is 18.7 Å². The van der Waals surface area contributed by atoms with E-state index in [2.05, 4.69) is 29.4 Å². The molecule has 0 saturated heterocycles. The summed E-state index contributed by atoms with van der Waals surface area (Å²) in [5.74, 6) is 1.72. The summed E-state index contributed by atoms with van der Waals surface area (Å²) < 4.78 is 5.91. The van der Waals surface area contributed by atoms with Crippen molar-refractivity contribution >= 4 is 0 Å². The zero-order valence-electron chi connectivity index (χ0n) is 14.4. The smallest absolute Gasteiger partial charge is 0.226 e. The van der Waals surface area contributed by atoms with E-state index in [1.807, 2.05) is 48.5 Å². The highest BCUT2D eigenvalue weighted by Crippen LogP contribution is 2.24. The number of aliphatic hydroxyl groups excluding tert-OH is 1. The molecule has 2 N–H and O–H groups in total. The minimum Gasteiger partial charge on any atom is -0.440 e. The second kappa shape index (κ2) is 8.60. The quantitative estimate of drug-likeness (QED) is 0.648. The average molecular weight is 336 g/mol. The van der Waals surface area contributed by atoms with Crippen LogP contribution < -0.4 is 5.32 Å². The number of rotatable bonds is 8. The van der Waals surface area contributed by atoms with Crippen LogP contribution in [0.5, 0.6) is 0 Å². The van der Waals surface area contributed by atoms with E-state index in [1.54, 1.807) is 6.20 Å². The van der Waals surface area contributed by atoms with Crippen LogP contribution in [0.25, 0.3) is 11.5 Å². The number of nitrogens with one attached hydrogen (secondary N) is 1. The van der Waals surface area contributed by atoms with Crippen molar-refractivity contribution in [1.82, 2.24) is 10.3 Å². The Morgan fingerprint density at radius 3 is 2.40 bits per heavy atom. The highest BCUT2D eigenvalue weighted by molar-refractivity contribution is 5.52. The van der Waals surface area contributed by atoms with Crippen LogP contribution in [-0.4, -0.2) is 23.2 Å². The van der Waals surface area contributed by atoms with Gasteiger partial charge >= 0.3 is 0 Å². The summed E-state index contributed by atoms with van der Waals surface area (Å²) in [5.41, 5.74) is 2.21. The molecule has 3 rings (SSSR count). The van der Waals surface area contributed by atoms with Crippen molar-refractivity contribution < 1.29 is 9.52 Å². The second-order valence-corrected chi connectivity index (χ2v) is 6.18. The predicted molar refractivity (Wildman–Crippen MR) is 99.2 cm³/mol. The van der Waals surface area contributed by atoms with Crippen LogP contribution in [0.1, 0.15) is 36.6 Å². The fourth-order valence-corrected chi connectivity index (χ4v) is 2.89. The van der Waals surface area contributed by atoms with Crippen molar-refractivity contribution in [3.63, 3.8) is 0 Å². The maximum atomic E-state index is 9.35. The van der Waals surface area contributed by atoms with Gasteiger partial charge in [0.15, 0.2) is 0 Å². The summed E-state index contributed by atoms with van der Waals surface area (Å²) in [7, 11) is 0. The monoisotopic (exact) mass is 336 g/mol.